The van der Waals surface area contributed by atoms with Crippen molar-refractivity contribution in [2.45, 2.75) is 26.4 Å². The number of carbonyl (C=O) groups is 1. The first-order valence-corrected chi connectivity index (χ1v) is 9.37. The van der Waals surface area contributed by atoms with Crippen LogP contribution in [0.15, 0.2) is 24.4 Å². The Bertz CT molecular complexity index is 1160. The Labute approximate surface area is 158 Å². The van der Waals surface area contributed by atoms with Gasteiger partial charge in [0.2, 0.25) is 0 Å². The highest BCUT2D eigenvalue weighted by atomic mass is 32.1. The highest BCUT2D eigenvalue weighted by molar-refractivity contribution is 7.09. The van der Waals surface area contributed by atoms with Crippen LogP contribution in [0, 0.1) is 6.92 Å². The zero-order valence-electron chi connectivity index (χ0n) is 14.7. The Morgan fingerprint density at radius 1 is 1.30 bits per heavy atom. The van der Waals surface area contributed by atoms with E-state index in [9.17, 15) is 4.79 Å². The van der Waals surface area contributed by atoms with Crippen molar-refractivity contribution in [1.29, 1.82) is 0 Å². The van der Waals surface area contributed by atoms with Gasteiger partial charge in [-0.05, 0) is 37.5 Å². The van der Waals surface area contributed by atoms with Crippen molar-refractivity contribution >= 4 is 28.3 Å². The minimum atomic E-state index is -0.181. The average molecular weight is 380 g/mol. The summed E-state index contributed by atoms with van der Waals surface area (Å²) in [6, 6.07) is 5.39. The van der Waals surface area contributed by atoms with E-state index in [1.165, 1.54) is 11.5 Å². The lowest BCUT2D eigenvalue weighted by Crippen LogP contribution is -2.41. The van der Waals surface area contributed by atoms with Crippen LogP contribution >= 0.6 is 11.5 Å². The van der Waals surface area contributed by atoms with Crippen molar-refractivity contribution in [1.82, 2.24) is 39.2 Å². The Balaban J connectivity index is 1.46. The lowest BCUT2D eigenvalue weighted by molar-refractivity contribution is 0.0638. The highest BCUT2D eigenvalue weighted by Gasteiger charge is 2.32. The number of nitrogens with zero attached hydrogens (tertiary/aromatic N) is 7. The first kappa shape index (κ1) is 16.1. The number of rotatable bonds is 2. The number of aromatic amines is 1. The van der Waals surface area contributed by atoms with Crippen LogP contribution in [-0.2, 0) is 6.54 Å². The van der Waals surface area contributed by atoms with Gasteiger partial charge in [-0.15, -0.1) is 10.2 Å². The summed E-state index contributed by atoms with van der Waals surface area (Å²) in [5.41, 5.74) is 1.48. The Morgan fingerprint density at radius 2 is 2.19 bits per heavy atom. The zero-order chi connectivity index (χ0) is 18.5. The van der Waals surface area contributed by atoms with Crippen LogP contribution in [0.25, 0.3) is 21.7 Å². The minimum absolute atomic E-state index is 0.0263. The summed E-state index contributed by atoms with van der Waals surface area (Å²) in [6.07, 6.45) is 1.74. The van der Waals surface area contributed by atoms with Gasteiger partial charge in [0.15, 0.2) is 16.7 Å². The molecule has 0 spiro atoms. The summed E-state index contributed by atoms with van der Waals surface area (Å²) in [5, 5.41) is 17.3. The van der Waals surface area contributed by atoms with Crippen LogP contribution in [0.3, 0.4) is 0 Å². The molecule has 9 nitrogen and oxygen atoms in total. The molecule has 3 aromatic heterocycles. The lowest BCUT2D eigenvalue weighted by atomic mass is 10.1. The Hall–Kier alpha value is -3.14. The van der Waals surface area contributed by atoms with Gasteiger partial charge in [0.1, 0.15) is 5.82 Å². The molecule has 1 N–H and O–H groups in total. The Kier molecular flexibility index (Phi) is 3.54. The van der Waals surface area contributed by atoms with Crippen LogP contribution in [0.5, 0.6) is 0 Å². The number of hydrogen-bond donors (Lipinski definition) is 1. The number of carbonyl (C=O) groups excluding carboxylic acids is 1. The standard InChI is InChI=1S/C17H16N8OS/c1-9-14-21-22-15(16-19-10(2)23-27-16)25(14)6-5-24(9)17(26)11-3-4-12-8-18-20-13(12)7-11/h3-4,7-9H,5-6H2,1-2H3,(H,18,20)/t9-/m1/s1. The molecule has 1 atom stereocenters. The first-order valence-electron chi connectivity index (χ1n) is 8.59. The van der Waals surface area contributed by atoms with Gasteiger partial charge in [-0.3, -0.25) is 9.89 Å². The second kappa shape index (κ2) is 5.95. The fraction of sp³-hybridized carbons (Fsp3) is 0.294. The number of hydrogen-bond acceptors (Lipinski definition) is 7. The third kappa shape index (κ3) is 2.52. The molecule has 4 heterocycles. The monoisotopic (exact) mass is 380 g/mol. The minimum Gasteiger partial charge on any atom is -0.327 e. The quantitative estimate of drug-likeness (QED) is 0.571. The molecule has 136 valence electrons. The normalized spacial score (nSPS) is 16.7. The van der Waals surface area contributed by atoms with Gasteiger partial charge < -0.3 is 9.47 Å². The number of amides is 1. The fourth-order valence-corrected chi connectivity index (χ4v) is 4.11. The molecule has 4 aromatic rings. The van der Waals surface area contributed by atoms with E-state index in [1.807, 2.05) is 41.5 Å². The molecule has 1 aliphatic rings. The summed E-state index contributed by atoms with van der Waals surface area (Å²) in [5.74, 6) is 2.18. The van der Waals surface area contributed by atoms with E-state index in [2.05, 4.69) is 29.8 Å². The number of aromatic nitrogens is 7. The summed E-state index contributed by atoms with van der Waals surface area (Å²) < 4.78 is 6.25. The van der Waals surface area contributed by atoms with Crippen molar-refractivity contribution in [3.63, 3.8) is 0 Å². The SMILES string of the molecule is Cc1nsc(-c2nnc3n2CCN(C(=O)c2ccc4cn[nH]c4c2)[C@@H]3C)n1. The Morgan fingerprint density at radius 3 is 3.00 bits per heavy atom. The number of benzene rings is 1. The maximum atomic E-state index is 13.1. The van der Waals surface area contributed by atoms with Crippen molar-refractivity contribution in [2.24, 2.45) is 0 Å². The largest absolute Gasteiger partial charge is 0.327 e. The third-order valence-electron chi connectivity index (χ3n) is 4.85. The van der Waals surface area contributed by atoms with Gasteiger partial charge in [0.25, 0.3) is 5.91 Å². The molecule has 1 amide bonds. The van der Waals surface area contributed by atoms with E-state index in [1.54, 1.807) is 6.20 Å². The maximum absolute atomic E-state index is 13.1. The molecular weight excluding hydrogens is 364 g/mol. The van der Waals surface area contributed by atoms with Gasteiger partial charge in [-0.2, -0.15) is 9.47 Å². The molecule has 0 unspecified atom stereocenters. The number of fused-ring (bicyclic) bond motifs is 2. The van der Waals surface area contributed by atoms with Crippen LogP contribution in [0.2, 0.25) is 0 Å². The molecule has 1 aliphatic heterocycles. The van der Waals surface area contributed by atoms with E-state index in [4.69, 9.17) is 0 Å². The molecule has 0 fully saturated rings. The molecule has 0 saturated heterocycles. The predicted octanol–water partition coefficient (Wildman–Crippen LogP) is 2.20. The molecule has 1 aromatic carbocycles. The van der Waals surface area contributed by atoms with Crippen LogP contribution < -0.4 is 0 Å². The van der Waals surface area contributed by atoms with Gasteiger partial charge in [-0.25, -0.2) is 4.98 Å². The summed E-state index contributed by atoms with van der Waals surface area (Å²) in [4.78, 5) is 19.3. The van der Waals surface area contributed by atoms with Crippen LogP contribution in [0.4, 0.5) is 0 Å². The summed E-state index contributed by atoms with van der Waals surface area (Å²) in [7, 11) is 0. The molecular formula is C17H16N8OS. The molecule has 0 bridgehead atoms. The van der Waals surface area contributed by atoms with Crippen LogP contribution in [0.1, 0.15) is 35.0 Å². The predicted molar refractivity (Wildman–Crippen MR) is 99.2 cm³/mol. The van der Waals surface area contributed by atoms with Crippen molar-refractivity contribution in [2.75, 3.05) is 6.54 Å². The second-order valence-corrected chi connectivity index (χ2v) is 7.28. The zero-order valence-corrected chi connectivity index (χ0v) is 15.6. The van der Waals surface area contributed by atoms with Crippen molar-refractivity contribution in [3.8, 4) is 10.8 Å². The first-order chi connectivity index (χ1) is 13.1. The van der Waals surface area contributed by atoms with E-state index in [0.717, 1.165) is 27.6 Å². The summed E-state index contributed by atoms with van der Waals surface area (Å²) >= 11 is 1.31. The average Bonchev–Trinajstić information content (AvgIpc) is 3.39. The van der Waals surface area contributed by atoms with Gasteiger partial charge in [-0.1, -0.05) is 6.07 Å². The van der Waals surface area contributed by atoms with E-state index in [-0.39, 0.29) is 11.9 Å². The van der Waals surface area contributed by atoms with E-state index >= 15 is 0 Å². The van der Waals surface area contributed by atoms with Gasteiger partial charge in [0, 0.05) is 24.0 Å². The third-order valence-corrected chi connectivity index (χ3v) is 5.66. The second-order valence-electron chi connectivity index (χ2n) is 6.53. The maximum Gasteiger partial charge on any atom is 0.254 e. The molecule has 0 aliphatic carbocycles. The van der Waals surface area contributed by atoms with Crippen molar-refractivity contribution < 1.29 is 4.79 Å². The molecule has 0 radical (unpaired) electrons. The van der Waals surface area contributed by atoms with Crippen LogP contribution in [-0.4, -0.2) is 51.7 Å². The number of nitrogens with one attached hydrogen (secondary N) is 1. The topological polar surface area (TPSA) is 105 Å². The molecule has 10 heteroatoms. The summed E-state index contributed by atoms with van der Waals surface area (Å²) in [6.45, 7) is 5.03. The fourth-order valence-electron chi connectivity index (χ4n) is 3.44. The molecule has 27 heavy (non-hydrogen) atoms. The number of H-pyrrole nitrogens is 1. The van der Waals surface area contributed by atoms with E-state index < -0.39 is 0 Å². The molecule has 5 rings (SSSR count). The van der Waals surface area contributed by atoms with Gasteiger partial charge >= 0.3 is 0 Å². The smallest absolute Gasteiger partial charge is 0.254 e. The van der Waals surface area contributed by atoms with Crippen molar-refractivity contribution in [3.05, 3.63) is 41.6 Å². The lowest BCUT2D eigenvalue weighted by Gasteiger charge is -2.33. The van der Waals surface area contributed by atoms with E-state index in [0.29, 0.717) is 24.5 Å². The van der Waals surface area contributed by atoms with Gasteiger partial charge in [0.05, 0.1) is 17.8 Å². The highest BCUT2D eigenvalue weighted by Crippen LogP contribution is 2.30. The molecule has 0 saturated carbocycles. The number of aryl methyl sites for hydroxylation is 1.